The lowest BCUT2D eigenvalue weighted by Crippen LogP contribution is -2.47. The van der Waals surface area contributed by atoms with Crippen LogP contribution in [0.2, 0.25) is 0 Å². The number of aliphatic hydroxyl groups is 1. The molecular formula is C10H17NO4. The number of carbonyl (C=O) groups is 1. The molecule has 0 aromatic rings. The first-order valence-electron chi connectivity index (χ1n) is 5.36. The van der Waals surface area contributed by atoms with Crippen LogP contribution in [-0.4, -0.2) is 36.7 Å². The Bertz CT molecular complexity index is 252. The molecule has 1 heterocycles. The van der Waals surface area contributed by atoms with Crippen LogP contribution in [0, 0.1) is 5.92 Å². The molecular weight excluding hydrogens is 198 g/mol. The molecule has 1 saturated carbocycles. The normalized spacial score (nSPS) is 39.6. The Balaban J connectivity index is 1.96. The van der Waals surface area contributed by atoms with E-state index in [1.54, 1.807) is 0 Å². The zero-order chi connectivity index (χ0) is 10.9. The molecule has 15 heavy (non-hydrogen) atoms. The fourth-order valence-electron chi connectivity index (χ4n) is 2.34. The van der Waals surface area contributed by atoms with E-state index < -0.39 is 11.9 Å². The van der Waals surface area contributed by atoms with Crippen molar-refractivity contribution in [2.24, 2.45) is 5.92 Å². The molecule has 2 N–H and O–H groups in total. The van der Waals surface area contributed by atoms with E-state index in [4.69, 9.17) is 4.74 Å². The average molecular weight is 215 g/mol. The van der Waals surface area contributed by atoms with Crippen LogP contribution in [0.15, 0.2) is 0 Å². The number of epoxide rings is 1. The SMILES string of the molecule is COC(=O)NC1CCCCC1C1(O)CO1. The van der Waals surface area contributed by atoms with Crippen LogP contribution >= 0.6 is 0 Å². The van der Waals surface area contributed by atoms with Crippen LogP contribution in [0.3, 0.4) is 0 Å². The van der Waals surface area contributed by atoms with Crippen LogP contribution in [0.25, 0.3) is 0 Å². The Labute approximate surface area is 88.7 Å². The highest BCUT2D eigenvalue weighted by molar-refractivity contribution is 5.67. The lowest BCUT2D eigenvalue weighted by atomic mass is 9.81. The van der Waals surface area contributed by atoms with Gasteiger partial charge in [0.25, 0.3) is 0 Å². The van der Waals surface area contributed by atoms with Crippen molar-refractivity contribution >= 4 is 6.09 Å². The first-order chi connectivity index (χ1) is 7.15. The van der Waals surface area contributed by atoms with E-state index in [0.29, 0.717) is 6.61 Å². The van der Waals surface area contributed by atoms with Crippen LogP contribution in [0.4, 0.5) is 4.79 Å². The van der Waals surface area contributed by atoms with Gasteiger partial charge < -0.3 is 19.9 Å². The Morgan fingerprint density at radius 3 is 2.80 bits per heavy atom. The molecule has 3 unspecified atom stereocenters. The average Bonchev–Trinajstić information content (AvgIpc) is 2.98. The minimum absolute atomic E-state index is 0.00495. The van der Waals surface area contributed by atoms with Gasteiger partial charge in [-0.25, -0.2) is 4.79 Å². The Hall–Kier alpha value is -0.810. The molecule has 1 amide bonds. The van der Waals surface area contributed by atoms with Crippen LogP contribution < -0.4 is 5.32 Å². The number of hydrogen-bond acceptors (Lipinski definition) is 4. The molecule has 86 valence electrons. The van der Waals surface area contributed by atoms with Gasteiger partial charge in [0.15, 0.2) is 5.79 Å². The first kappa shape index (κ1) is 10.7. The first-order valence-corrected chi connectivity index (χ1v) is 5.36. The van der Waals surface area contributed by atoms with E-state index in [1.807, 2.05) is 0 Å². The summed E-state index contributed by atoms with van der Waals surface area (Å²) in [5, 5.41) is 12.7. The van der Waals surface area contributed by atoms with E-state index >= 15 is 0 Å². The van der Waals surface area contributed by atoms with Gasteiger partial charge in [0.2, 0.25) is 0 Å². The third kappa shape index (κ3) is 2.23. The maximum Gasteiger partial charge on any atom is 0.407 e. The molecule has 2 fully saturated rings. The smallest absolute Gasteiger partial charge is 0.407 e. The number of hydrogen-bond donors (Lipinski definition) is 2. The summed E-state index contributed by atoms with van der Waals surface area (Å²) < 4.78 is 9.61. The standard InChI is InChI=1S/C10H17NO4/c1-14-9(12)11-8-5-3-2-4-7(8)10(13)6-15-10/h7-8,13H,2-6H2,1H3,(H,11,12). The molecule has 2 rings (SSSR count). The molecule has 0 bridgehead atoms. The lowest BCUT2D eigenvalue weighted by molar-refractivity contribution is -0.0424. The summed E-state index contributed by atoms with van der Waals surface area (Å²) in [6.45, 7) is 0.386. The second kappa shape index (κ2) is 3.98. The Kier molecular flexibility index (Phi) is 2.84. The van der Waals surface area contributed by atoms with E-state index in [-0.39, 0.29) is 12.0 Å². The second-order valence-electron chi connectivity index (χ2n) is 4.27. The van der Waals surface area contributed by atoms with Gasteiger partial charge in [-0.15, -0.1) is 0 Å². The van der Waals surface area contributed by atoms with Gasteiger partial charge in [0, 0.05) is 12.0 Å². The summed E-state index contributed by atoms with van der Waals surface area (Å²) in [6, 6.07) is -0.0290. The third-order valence-corrected chi connectivity index (χ3v) is 3.27. The summed E-state index contributed by atoms with van der Waals surface area (Å²) >= 11 is 0. The van der Waals surface area contributed by atoms with E-state index in [9.17, 15) is 9.90 Å². The minimum Gasteiger partial charge on any atom is -0.453 e. The maximum absolute atomic E-state index is 11.1. The number of carbonyl (C=O) groups excluding carboxylic acids is 1. The van der Waals surface area contributed by atoms with Crippen LogP contribution in [0.5, 0.6) is 0 Å². The summed E-state index contributed by atoms with van der Waals surface area (Å²) in [7, 11) is 1.34. The molecule has 5 nitrogen and oxygen atoms in total. The molecule has 3 atom stereocenters. The number of alkyl carbamates (subject to hydrolysis) is 1. The van der Waals surface area contributed by atoms with Crippen molar-refractivity contribution in [1.82, 2.24) is 5.32 Å². The monoisotopic (exact) mass is 215 g/mol. The predicted molar refractivity (Wildman–Crippen MR) is 52.2 cm³/mol. The molecule has 0 spiro atoms. The van der Waals surface area contributed by atoms with E-state index in [0.717, 1.165) is 25.7 Å². The van der Waals surface area contributed by atoms with Gasteiger partial charge in [-0.2, -0.15) is 0 Å². The van der Waals surface area contributed by atoms with Crippen LogP contribution in [-0.2, 0) is 9.47 Å². The van der Waals surface area contributed by atoms with Gasteiger partial charge in [-0.1, -0.05) is 12.8 Å². The molecule has 2 aliphatic rings. The maximum atomic E-state index is 11.1. The molecule has 1 aliphatic heterocycles. The summed E-state index contributed by atoms with van der Waals surface area (Å²) in [5.41, 5.74) is 0. The van der Waals surface area contributed by atoms with Gasteiger partial charge >= 0.3 is 6.09 Å². The highest BCUT2D eigenvalue weighted by Gasteiger charge is 2.53. The van der Waals surface area contributed by atoms with Crippen molar-refractivity contribution in [3.05, 3.63) is 0 Å². The Morgan fingerprint density at radius 1 is 1.53 bits per heavy atom. The van der Waals surface area contributed by atoms with Gasteiger partial charge in [-0.05, 0) is 12.8 Å². The van der Waals surface area contributed by atoms with Gasteiger partial charge in [-0.3, -0.25) is 0 Å². The highest BCUT2D eigenvalue weighted by Crippen LogP contribution is 2.41. The molecule has 5 heteroatoms. The number of amides is 1. The summed E-state index contributed by atoms with van der Waals surface area (Å²) in [4.78, 5) is 11.1. The summed E-state index contributed by atoms with van der Waals surface area (Å²) in [6.07, 6.45) is 3.49. The largest absolute Gasteiger partial charge is 0.453 e. The highest BCUT2D eigenvalue weighted by atomic mass is 16.7. The number of ether oxygens (including phenoxy) is 2. The van der Waals surface area contributed by atoms with Crippen LogP contribution in [0.1, 0.15) is 25.7 Å². The fourth-order valence-corrected chi connectivity index (χ4v) is 2.34. The molecule has 0 aromatic heterocycles. The molecule has 1 aliphatic carbocycles. The summed E-state index contributed by atoms with van der Waals surface area (Å²) in [5.74, 6) is -0.989. The van der Waals surface area contributed by atoms with E-state index in [1.165, 1.54) is 7.11 Å². The number of methoxy groups -OCH3 is 1. The fraction of sp³-hybridized carbons (Fsp3) is 0.900. The van der Waals surface area contributed by atoms with Crippen molar-refractivity contribution < 1.29 is 19.4 Å². The van der Waals surface area contributed by atoms with Gasteiger partial charge in [0.05, 0.1) is 7.11 Å². The molecule has 1 saturated heterocycles. The number of rotatable bonds is 2. The van der Waals surface area contributed by atoms with Crippen molar-refractivity contribution in [3.8, 4) is 0 Å². The van der Waals surface area contributed by atoms with Crippen molar-refractivity contribution in [2.75, 3.05) is 13.7 Å². The molecule has 0 radical (unpaired) electrons. The lowest BCUT2D eigenvalue weighted by Gasteiger charge is -2.33. The van der Waals surface area contributed by atoms with Crippen molar-refractivity contribution in [1.29, 1.82) is 0 Å². The Morgan fingerprint density at radius 2 is 2.20 bits per heavy atom. The second-order valence-corrected chi connectivity index (χ2v) is 4.27. The number of nitrogens with one attached hydrogen (secondary N) is 1. The zero-order valence-electron chi connectivity index (χ0n) is 8.86. The van der Waals surface area contributed by atoms with E-state index in [2.05, 4.69) is 10.1 Å². The van der Waals surface area contributed by atoms with Crippen molar-refractivity contribution in [3.63, 3.8) is 0 Å². The predicted octanol–water partition coefficient (Wildman–Crippen LogP) is 0.620. The topological polar surface area (TPSA) is 71.1 Å². The van der Waals surface area contributed by atoms with Gasteiger partial charge in [0.1, 0.15) is 6.61 Å². The minimum atomic E-state index is -0.994. The third-order valence-electron chi connectivity index (χ3n) is 3.27. The molecule has 0 aromatic carbocycles. The van der Waals surface area contributed by atoms with Crippen molar-refractivity contribution in [2.45, 2.75) is 37.5 Å². The zero-order valence-corrected chi connectivity index (χ0v) is 8.86. The quantitative estimate of drug-likeness (QED) is 0.662.